The van der Waals surface area contributed by atoms with Crippen molar-refractivity contribution in [3.63, 3.8) is 0 Å². The zero-order valence-corrected chi connectivity index (χ0v) is 15.1. The molecule has 3 heterocycles. The second-order valence-electron chi connectivity index (χ2n) is 5.82. The van der Waals surface area contributed by atoms with Gasteiger partial charge in [0.05, 0.1) is 30.3 Å². The highest BCUT2D eigenvalue weighted by atomic mass is 32.1. The lowest BCUT2D eigenvalue weighted by Gasteiger charge is -2.03. The zero-order valence-electron chi connectivity index (χ0n) is 14.3. The minimum atomic E-state index is -0.227. The largest absolute Gasteiger partial charge is 0.466 e. The van der Waals surface area contributed by atoms with Crippen LogP contribution in [0.2, 0.25) is 0 Å². The lowest BCUT2D eigenvalue weighted by atomic mass is 10.2. The van der Waals surface area contributed by atoms with Crippen LogP contribution in [-0.4, -0.2) is 27.1 Å². The fourth-order valence-electron chi connectivity index (χ4n) is 2.77. The summed E-state index contributed by atoms with van der Waals surface area (Å²) in [6, 6.07) is 12.3. The Bertz CT molecular complexity index is 1030. The van der Waals surface area contributed by atoms with E-state index in [2.05, 4.69) is 23.2 Å². The minimum absolute atomic E-state index is 0.227. The topological polar surface area (TPSA) is 57.0 Å². The van der Waals surface area contributed by atoms with Gasteiger partial charge in [-0.25, -0.2) is 4.98 Å². The molecule has 3 aromatic heterocycles. The number of nitrogens with zero attached hydrogens (tertiary/aromatic N) is 3. The molecule has 130 valence electrons. The van der Waals surface area contributed by atoms with E-state index in [0.29, 0.717) is 6.61 Å². The molecule has 0 saturated carbocycles. The van der Waals surface area contributed by atoms with Crippen LogP contribution >= 0.6 is 11.3 Å². The van der Waals surface area contributed by atoms with E-state index in [1.54, 1.807) is 30.7 Å². The van der Waals surface area contributed by atoms with Gasteiger partial charge in [0.2, 0.25) is 0 Å². The Morgan fingerprint density at radius 2 is 2.12 bits per heavy atom. The molecule has 0 unspecified atom stereocenters. The van der Waals surface area contributed by atoms with Gasteiger partial charge in [0, 0.05) is 17.1 Å². The molecule has 26 heavy (non-hydrogen) atoms. The average molecular weight is 363 g/mol. The van der Waals surface area contributed by atoms with Crippen molar-refractivity contribution in [3.8, 4) is 16.4 Å². The third kappa shape index (κ3) is 3.36. The summed E-state index contributed by atoms with van der Waals surface area (Å²) in [6.07, 6.45) is 7.51. The maximum atomic E-state index is 11.6. The maximum absolute atomic E-state index is 11.6. The molecule has 5 nitrogen and oxygen atoms in total. The second-order valence-corrected chi connectivity index (χ2v) is 6.90. The van der Waals surface area contributed by atoms with Gasteiger partial charge in [-0.05, 0) is 36.1 Å². The molecule has 0 aliphatic heterocycles. The summed E-state index contributed by atoms with van der Waals surface area (Å²) < 4.78 is 8.09. The molecule has 0 saturated heterocycles. The highest BCUT2D eigenvalue weighted by Crippen LogP contribution is 2.32. The lowest BCUT2D eigenvalue weighted by molar-refractivity contribution is -0.142. The first-order valence-electron chi connectivity index (χ1n) is 8.37. The SMILES string of the molecule is CCOC(=O)Cc1ccn(-c2cncc(-c3cc4ccccc4s3)n2)c1. The van der Waals surface area contributed by atoms with Crippen molar-refractivity contribution in [2.45, 2.75) is 13.3 Å². The van der Waals surface area contributed by atoms with Crippen molar-refractivity contribution < 1.29 is 9.53 Å². The van der Waals surface area contributed by atoms with Crippen LogP contribution < -0.4 is 0 Å². The van der Waals surface area contributed by atoms with Gasteiger partial charge < -0.3 is 9.30 Å². The molecular formula is C20H17N3O2S. The quantitative estimate of drug-likeness (QED) is 0.497. The number of esters is 1. The van der Waals surface area contributed by atoms with Crippen LogP contribution in [0.3, 0.4) is 0 Å². The van der Waals surface area contributed by atoms with Gasteiger partial charge in [-0.3, -0.25) is 9.78 Å². The Labute approximate surface area is 154 Å². The van der Waals surface area contributed by atoms with Crippen LogP contribution in [0.15, 0.2) is 61.2 Å². The normalized spacial score (nSPS) is 11.0. The Morgan fingerprint density at radius 3 is 2.96 bits per heavy atom. The smallest absolute Gasteiger partial charge is 0.310 e. The van der Waals surface area contributed by atoms with Gasteiger partial charge >= 0.3 is 5.97 Å². The summed E-state index contributed by atoms with van der Waals surface area (Å²) in [5, 5.41) is 1.21. The van der Waals surface area contributed by atoms with Crippen LogP contribution in [0.5, 0.6) is 0 Å². The van der Waals surface area contributed by atoms with Gasteiger partial charge in [0.1, 0.15) is 5.69 Å². The number of carbonyl (C=O) groups is 1. The highest BCUT2D eigenvalue weighted by molar-refractivity contribution is 7.22. The predicted molar refractivity (Wildman–Crippen MR) is 103 cm³/mol. The fraction of sp³-hybridized carbons (Fsp3) is 0.150. The van der Waals surface area contributed by atoms with Crippen molar-refractivity contribution in [1.29, 1.82) is 0 Å². The van der Waals surface area contributed by atoms with E-state index < -0.39 is 0 Å². The van der Waals surface area contributed by atoms with E-state index in [4.69, 9.17) is 9.72 Å². The molecule has 0 atom stereocenters. The molecule has 0 aliphatic rings. The predicted octanol–water partition coefficient (Wildman–Crippen LogP) is 4.25. The monoisotopic (exact) mass is 363 g/mol. The summed E-state index contributed by atoms with van der Waals surface area (Å²) in [4.78, 5) is 21.8. The molecular weight excluding hydrogens is 346 g/mol. The minimum Gasteiger partial charge on any atom is -0.466 e. The summed E-state index contributed by atoms with van der Waals surface area (Å²) in [7, 11) is 0. The molecule has 0 aliphatic carbocycles. The maximum Gasteiger partial charge on any atom is 0.310 e. The van der Waals surface area contributed by atoms with Gasteiger partial charge in [-0.2, -0.15) is 0 Å². The van der Waals surface area contributed by atoms with Crippen molar-refractivity contribution >= 4 is 27.4 Å². The molecule has 0 amide bonds. The van der Waals surface area contributed by atoms with E-state index in [9.17, 15) is 4.79 Å². The first-order chi connectivity index (χ1) is 12.7. The van der Waals surface area contributed by atoms with Crippen molar-refractivity contribution in [3.05, 3.63) is 66.7 Å². The van der Waals surface area contributed by atoms with Crippen molar-refractivity contribution in [2.75, 3.05) is 6.61 Å². The number of aromatic nitrogens is 3. The Morgan fingerprint density at radius 1 is 1.23 bits per heavy atom. The molecule has 0 N–H and O–H groups in total. The molecule has 6 heteroatoms. The molecule has 0 spiro atoms. The van der Waals surface area contributed by atoms with Crippen molar-refractivity contribution in [2.24, 2.45) is 0 Å². The van der Waals surface area contributed by atoms with Gasteiger partial charge in [-0.15, -0.1) is 11.3 Å². The highest BCUT2D eigenvalue weighted by Gasteiger charge is 2.10. The van der Waals surface area contributed by atoms with Crippen molar-refractivity contribution in [1.82, 2.24) is 14.5 Å². The van der Waals surface area contributed by atoms with Crippen LogP contribution in [0.4, 0.5) is 0 Å². The zero-order chi connectivity index (χ0) is 17.9. The van der Waals surface area contributed by atoms with E-state index in [0.717, 1.165) is 22.0 Å². The number of benzene rings is 1. The number of carbonyl (C=O) groups excluding carboxylic acids is 1. The number of thiophene rings is 1. The number of fused-ring (bicyclic) bond motifs is 1. The van der Waals surface area contributed by atoms with Crippen LogP contribution in [-0.2, 0) is 16.0 Å². The van der Waals surface area contributed by atoms with E-state index in [1.165, 1.54) is 10.1 Å². The first kappa shape index (κ1) is 16.5. The number of ether oxygens (including phenoxy) is 1. The Kier molecular flexibility index (Phi) is 4.50. The average Bonchev–Trinajstić information content (AvgIpc) is 3.29. The molecule has 4 rings (SSSR count). The van der Waals surface area contributed by atoms with Crippen LogP contribution in [0.25, 0.3) is 26.5 Å². The molecule has 1 aromatic carbocycles. The van der Waals surface area contributed by atoms with Gasteiger partial charge in [-0.1, -0.05) is 18.2 Å². The van der Waals surface area contributed by atoms with E-state index >= 15 is 0 Å². The lowest BCUT2D eigenvalue weighted by Crippen LogP contribution is -2.06. The Balaban J connectivity index is 1.61. The molecule has 0 bridgehead atoms. The summed E-state index contributed by atoms with van der Waals surface area (Å²) >= 11 is 1.70. The summed E-state index contributed by atoms with van der Waals surface area (Å²) in [5.41, 5.74) is 1.72. The fourth-order valence-corrected chi connectivity index (χ4v) is 3.79. The third-order valence-corrected chi connectivity index (χ3v) is 5.11. The third-order valence-electron chi connectivity index (χ3n) is 3.97. The summed E-state index contributed by atoms with van der Waals surface area (Å²) in [5.74, 6) is 0.491. The first-order valence-corrected chi connectivity index (χ1v) is 9.18. The molecule has 0 radical (unpaired) electrons. The van der Waals surface area contributed by atoms with E-state index in [-0.39, 0.29) is 12.4 Å². The standard InChI is InChI=1S/C20H17N3O2S/c1-2-25-20(24)9-14-7-8-23(13-14)19-12-21-11-16(22-19)18-10-15-5-3-4-6-17(15)26-18/h3-8,10-13H,2,9H2,1H3. The second kappa shape index (κ2) is 7.09. The number of rotatable bonds is 5. The summed E-state index contributed by atoms with van der Waals surface area (Å²) in [6.45, 7) is 2.19. The Hall–Kier alpha value is -2.99. The van der Waals surface area contributed by atoms with Crippen LogP contribution in [0.1, 0.15) is 12.5 Å². The van der Waals surface area contributed by atoms with Gasteiger partial charge in [0.15, 0.2) is 5.82 Å². The number of hydrogen-bond donors (Lipinski definition) is 0. The van der Waals surface area contributed by atoms with E-state index in [1.807, 2.05) is 35.2 Å². The van der Waals surface area contributed by atoms with Crippen LogP contribution in [0, 0.1) is 0 Å². The van der Waals surface area contributed by atoms with Gasteiger partial charge in [0.25, 0.3) is 0 Å². The molecule has 4 aromatic rings. The number of hydrogen-bond acceptors (Lipinski definition) is 5. The molecule has 0 fully saturated rings.